The van der Waals surface area contributed by atoms with E-state index in [9.17, 15) is 0 Å². The number of hydrogen-bond acceptors (Lipinski definition) is 4. The highest BCUT2D eigenvalue weighted by atomic mass is 15.1. The minimum atomic E-state index is 0.258. The average Bonchev–Trinajstić information content (AvgIpc) is 2.81. The lowest BCUT2D eigenvalue weighted by Gasteiger charge is -2.24. The molecule has 0 amide bonds. The van der Waals surface area contributed by atoms with Crippen LogP contribution in [0, 0.1) is 0 Å². The number of anilines is 1. The Morgan fingerprint density at radius 3 is 2.70 bits per heavy atom. The van der Waals surface area contributed by atoms with Crippen LogP contribution in [-0.2, 0) is 12.8 Å². The van der Waals surface area contributed by atoms with Crippen molar-refractivity contribution in [1.82, 2.24) is 9.97 Å². The Labute approximate surface area is 121 Å². The fraction of sp³-hybridized carbons (Fsp3) is 0.750. The summed E-state index contributed by atoms with van der Waals surface area (Å²) in [6, 6.07) is 0.633. The molecule has 1 saturated carbocycles. The van der Waals surface area contributed by atoms with Gasteiger partial charge in [0.15, 0.2) is 0 Å². The van der Waals surface area contributed by atoms with Crippen LogP contribution in [-0.4, -0.2) is 22.1 Å². The summed E-state index contributed by atoms with van der Waals surface area (Å²) >= 11 is 0. The van der Waals surface area contributed by atoms with Crippen LogP contribution in [0.2, 0.25) is 0 Å². The zero-order valence-corrected chi connectivity index (χ0v) is 12.3. The Morgan fingerprint density at radius 2 is 1.75 bits per heavy atom. The quantitative estimate of drug-likeness (QED) is 0.643. The molecule has 0 radical (unpaired) electrons. The highest BCUT2D eigenvalue weighted by Gasteiger charge is 2.22. The lowest BCUT2D eigenvalue weighted by Crippen LogP contribution is -2.39. The average molecular weight is 274 g/mol. The number of fused-ring (bicyclic) bond motifs is 1. The normalized spacial score (nSPS) is 27.2. The molecule has 3 N–H and O–H groups in total. The van der Waals surface area contributed by atoms with Gasteiger partial charge in [0.2, 0.25) is 0 Å². The first-order valence-corrected chi connectivity index (χ1v) is 8.19. The van der Waals surface area contributed by atoms with Gasteiger partial charge >= 0.3 is 0 Å². The van der Waals surface area contributed by atoms with E-state index in [1.807, 2.05) is 0 Å². The molecule has 20 heavy (non-hydrogen) atoms. The fourth-order valence-corrected chi connectivity index (χ4v) is 3.51. The molecule has 2 unspecified atom stereocenters. The molecule has 2 aliphatic rings. The van der Waals surface area contributed by atoms with Crippen molar-refractivity contribution in [2.75, 3.05) is 5.32 Å². The zero-order valence-electron chi connectivity index (χ0n) is 12.3. The third-order valence-electron chi connectivity index (χ3n) is 4.77. The molecule has 1 aromatic rings. The van der Waals surface area contributed by atoms with Gasteiger partial charge in [0.05, 0.1) is 0 Å². The molecule has 0 bridgehead atoms. The van der Waals surface area contributed by atoms with E-state index in [-0.39, 0.29) is 6.04 Å². The van der Waals surface area contributed by atoms with Crippen molar-refractivity contribution >= 4 is 5.82 Å². The maximum atomic E-state index is 6.33. The molecule has 0 spiro atoms. The summed E-state index contributed by atoms with van der Waals surface area (Å²) in [6.07, 6.45) is 13.9. The van der Waals surface area contributed by atoms with E-state index in [4.69, 9.17) is 5.73 Å². The van der Waals surface area contributed by atoms with Crippen LogP contribution in [0.5, 0.6) is 0 Å². The summed E-state index contributed by atoms with van der Waals surface area (Å²) in [4.78, 5) is 9.00. The third-order valence-corrected chi connectivity index (χ3v) is 4.77. The van der Waals surface area contributed by atoms with Crippen LogP contribution in [0.1, 0.15) is 62.6 Å². The molecule has 110 valence electrons. The molecule has 1 fully saturated rings. The summed E-state index contributed by atoms with van der Waals surface area (Å²) in [5.41, 5.74) is 8.93. The van der Waals surface area contributed by atoms with Crippen molar-refractivity contribution < 1.29 is 0 Å². The van der Waals surface area contributed by atoms with Crippen LogP contribution >= 0.6 is 0 Å². The van der Waals surface area contributed by atoms with Crippen LogP contribution in [0.3, 0.4) is 0 Å². The number of hydrogen-bond donors (Lipinski definition) is 2. The van der Waals surface area contributed by atoms with E-state index >= 15 is 0 Å². The van der Waals surface area contributed by atoms with Gasteiger partial charge in [-0.2, -0.15) is 0 Å². The molecule has 2 aliphatic carbocycles. The molecule has 4 nitrogen and oxygen atoms in total. The topological polar surface area (TPSA) is 63.8 Å². The maximum Gasteiger partial charge on any atom is 0.133 e. The predicted molar refractivity (Wildman–Crippen MR) is 81.8 cm³/mol. The molecule has 0 saturated heterocycles. The van der Waals surface area contributed by atoms with Crippen LogP contribution < -0.4 is 11.1 Å². The number of nitrogens with two attached hydrogens (primary N) is 1. The number of aryl methyl sites for hydroxylation is 1. The van der Waals surface area contributed by atoms with E-state index in [2.05, 4.69) is 15.3 Å². The predicted octanol–water partition coefficient (Wildman–Crippen LogP) is 2.82. The first-order chi connectivity index (χ1) is 9.84. The zero-order chi connectivity index (χ0) is 13.8. The van der Waals surface area contributed by atoms with Crippen LogP contribution in [0.25, 0.3) is 0 Å². The van der Waals surface area contributed by atoms with Gasteiger partial charge in [-0.25, -0.2) is 9.97 Å². The van der Waals surface area contributed by atoms with E-state index < -0.39 is 0 Å². The summed E-state index contributed by atoms with van der Waals surface area (Å²) in [5.74, 6) is 1.05. The molecule has 4 heteroatoms. The Kier molecular flexibility index (Phi) is 4.51. The van der Waals surface area contributed by atoms with Gasteiger partial charge in [0.25, 0.3) is 0 Å². The largest absolute Gasteiger partial charge is 0.365 e. The second kappa shape index (κ2) is 6.53. The summed E-state index contributed by atoms with van der Waals surface area (Å²) in [5, 5.41) is 3.65. The number of nitrogens with zero attached hydrogens (tertiary/aromatic N) is 2. The molecule has 0 aliphatic heterocycles. The molecule has 2 atom stereocenters. The molecular weight excluding hydrogens is 248 g/mol. The minimum absolute atomic E-state index is 0.258. The van der Waals surface area contributed by atoms with Gasteiger partial charge in [-0.3, -0.25) is 0 Å². The number of aromatic nitrogens is 2. The van der Waals surface area contributed by atoms with E-state index in [0.717, 1.165) is 25.1 Å². The third kappa shape index (κ3) is 3.11. The number of nitrogens with one attached hydrogen (secondary N) is 1. The van der Waals surface area contributed by atoms with Crippen molar-refractivity contribution in [3.8, 4) is 0 Å². The Balaban J connectivity index is 1.79. The highest BCUT2D eigenvalue weighted by molar-refractivity contribution is 5.47. The van der Waals surface area contributed by atoms with Gasteiger partial charge in [-0.15, -0.1) is 0 Å². The van der Waals surface area contributed by atoms with Crippen molar-refractivity contribution in [2.24, 2.45) is 5.73 Å². The van der Waals surface area contributed by atoms with Gasteiger partial charge in [0, 0.05) is 23.3 Å². The van der Waals surface area contributed by atoms with E-state index in [0.29, 0.717) is 6.04 Å². The summed E-state index contributed by atoms with van der Waals surface area (Å²) in [7, 11) is 0. The van der Waals surface area contributed by atoms with Crippen LogP contribution in [0.15, 0.2) is 6.33 Å². The van der Waals surface area contributed by atoms with Crippen LogP contribution in [0.4, 0.5) is 5.82 Å². The SMILES string of the molecule is NC1CCCCCC1Nc1ncnc2c1CCCCC2. The smallest absolute Gasteiger partial charge is 0.133 e. The monoisotopic (exact) mass is 274 g/mol. The molecule has 3 rings (SSSR count). The Bertz CT molecular complexity index is 446. The Hall–Kier alpha value is -1.16. The van der Waals surface area contributed by atoms with Crippen molar-refractivity contribution in [2.45, 2.75) is 76.3 Å². The highest BCUT2D eigenvalue weighted by Crippen LogP contribution is 2.26. The van der Waals surface area contributed by atoms with Gasteiger partial charge in [-0.1, -0.05) is 25.7 Å². The fourth-order valence-electron chi connectivity index (χ4n) is 3.51. The summed E-state index contributed by atoms with van der Waals surface area (Å²) < 4.78 is 0. The summed E-state index contributed by atoms with van der Waals surface area (Å²) in [6.45, 7) is 0. The molecule has 1 heterocycles. The standard InChI is InChI=1S/C16H26N4/c17-13-8-4-2-6-10-15(13)20-16-12-7-3-1-5-9-14(12)18-11-19-16/h11,13,15H,1-10,17H2,(H,18,19,20). The van der Waals surface area contributed by atoms with E-state index in [1.54, 1.807) is 6.33 Å². The van der Waals surface area contributed by atoms with Gasteiger partial charge in [-0.05, 0) is 38.5 Å². The van der Waals surface area contributed by atoms with Crippen molar-refractivity contribution in [1.29, 1.82) is 0 Å². The first-order valence-electron chi connectivity index (χ1n) is 8.19. The molecule has 1 aromatic heterocycles. The van der Waals surface area contributed by atoms with E-state index in [1.165, 1.54) is 56.2 Å². The first kappa shape index (κ1) is 13.8. The lowest BCUT2D eigenvalue weighted by molar-refractivity contribution is 0.526. The molecule has 0 aromatic carbocycles. The Morgan fingerprint density at radius 1 is 0.950 bits per heavy atom. The van der Waals surface area contributed by atoms with Crippen molar-refractivity contribution in [3.05, 3.63) is 17.6 Å². The minimum Gasteiger partial charge on any atom is -0.365 e. The lowest BCUT2D eigenvalue weighted by atomic mass is 10.0. The maximum absolute atomic E-state index is 6.33. The number of rotatable bonds is 2. The van der Waals surface area contributed by atoms with Gasteiger partial charge < -0.3 is 11.1 Å². The van der Waals surface area contributed by atoms with Gasteiger partial charge in [0.1, 0.15) is 12.1 Å². The second-order valence-electron chi connectivity index (χ2n) is 6.26. The second-order valence-corrected chi connectivity index (χ2v) is 6.26. The van der Waals surface area contributed by atoms with Crippen molar-refractivity contribution in [3.63, 3.8) is 0 Å². The molecular formula is C16H26N4.